The Bertz CT molecular complexity index is 1120. The van der Waals surface area contributed by atoms with Crippen LogP contribution in [0.2, 0.25) is 0 Å². The first-order chi connectivity index (χ1) is 13.4. The number of fused-ring (bicyclic) bond motifs is 1. The molecule has 2 aromatic heterocycles. The summed E-state index contributed by atoms with van der Waals surface area (Å²) >= 11 is 1.41. The number of hydrogen-bond acceptors (Lipinski definition) is 5. The molecule has 0 radical (unpaired) electrons. The fourth-order valence-corrected chi connectivity index (χ4v) is 3.45. The highest BCUT2D eigenvalue weighted by Gasteiger charge is 2.32. The van der Waals surface area contributed by atoms with Crippen molar-refractivity contribution in [1.82, 2.24) is 4.98 Å². The van der Waals surface area contributed by atoms with Gasteiger partial charge in [0.2, 0.25) is 0 Å². The van der Waals surface area contributed by atoms with Gasteiger partial charge in [-0.15, -0.1) is 24.5 Å². The lowest BCUT2D eigenvalue weighted by Crippen LogP contribution is -2.19. The number of carbonyl (C=O) groups excluding carboxylic acids is 1. The fraction of sp³-hybridized carbons (Fsp3) is 0.0526. The topological polar surface area (TPSA) is 64.4 Å². The first-order valence-electron chi connectivity index (χ1n) is 8.01. The van der Waals surface area contributed by atoms with Crippen LogP contribution in [0, 0.1) is 0 Å². The van der Waals surface area contributed by atoms with Crippen LogP contribution in [-0.2, 0) is 0 Å². The van der Waals surface area contributed by atoms with E-state index >= 15 is 0 Å². The van der Waals surface area contributed by atoms with Crippen LogP contribution >= 0.6 is 11.3 Å². The van der Waals surface area contributed by atoms with E-state index in [2.05, 4.69) is 15.0 Å². The summed E-state index contributed by atoms with van der Waals surface area (Å²) < 4.78 is 47.9. The summed E-state index contributed by atoms with van der Waals surface area (Å²) in [6, 6.07) is 15.8. The van der Waals surface area contributed by atoms with E-state index in [9.17, 15) is 18.0 Å². The van der Waals surface area contributed by atoms with Crippen molar-refractivity contribution in [2.24, 2.45) is 0 Å². The summed E-state index contributed by atoms with van der Waals surface area (Å²) in [5.74, 6) is -0.880. The summed E-state index contributed by atoms with van der Waals surface area (Å²) in [5.41, 5.74) is 0.686. The normalized spacial score (nSPS) is 11.5. The van der Waals surface area contributed by atoms with Gasteiger partial charge in [-0.05, 0) is 36.4 Å². The number of hydrogen-bond donors (Lipinski definition) is 1. The van der Waals surface area contributed by atoms with E-state index in [0.29, 0.717) is 10.8 Å². The predicted octanol–water partition coefficient (Wildman–Crippen LogP) is 5.71. The molecule has 9 heteroatoms. The monoisotopic (exact) mass is 404 g/mol. The van der Waals surface area contributed by atoms with Gasteiger partial charge in [0.05, 0.1) is 15.9 Å². The number of aromatic nitrogens is 1. The number of alkyl halides is 3. The Balaban J connectivity index is 1.56. The number of nitrogens with zero attached hydrogens (tertiary/aromatic N) is 1. The molecule has 0 unspecified atom stereocenters. The van der Waals surface area contributed by atoms with E-state index in [1.54, 1.807) is 6.07 Å². The van der Waals surface area contributed by atoms with E-state index in [-0.39, 0.29) is 11.4 Å². The van der Waals surface area contributed by atoms with Gasteiger partial charge >= 0.3 is 6.36 Å². The Morgan fingerprint density at radius 1 is 1.04 bits per heavy atom. The predicted molar refractivity (Wildman–Crippen MR) is 98.4 cm³/mol. The number of ether oxygens (including phenoxy) is 1. The lowest BCUT2D eigenvalue weighted by molar-refractivity contribution is -0.274. The Hall–Kier alpha value is -3.33. The molecule has 0 aliphatic rings. The smallest absolute Gasteiger partial charge is 0.448 e. The van der Waals surface area contributed by atoms with E-state index in [0.717, 1.165) is 16.3 Å². The van der Waals surface area contributed by atoms with Crippen molar-refractivity contribution in [2.45, 2.75) is 6.36 Å². The number of benzene rings is 2. The van der Waals surface area contributed by atoms with Crippen LogP contribution in [0.4, 0.5) is 18.9 Å². The van der Waals surface area contributed by atoms with E-state index in [4.69, 9.17) is 4.42 Å². The second-order valence-electron chi connectivity index (χ2n) is 5.65. The number of halogens is 3. The fourth-order valence-electron chi connectivity index (χ4n) is 2.52. The highest BCUT2D eigenvalue weighted by molar-refractivity contribution is 7.21. The van der Waals surface area contributed by atoms with Gasteiger partial charge in [0, 0.05) is 0 Å². The molecular weight excluding hydrogens is 393 g/mol. The van der Waals surface area contributed by atoms with Gasteiger partial charge in [-0.3, -0.25) is 4.79 Å². The molecule has 0 spiro atoms. The van der Waals surface area contributed by atoms with Crippen LogP contribution in [-0.4, -0.2) is 17.3 Å². The van der Waals surface area contributed by atoms with E-state index < -0.39 is 18.0 Å². The molecule has 1 N–H and O–H groups in total. The van der Waals surface area contributed by atoms with Crippen LogP contribution in [0.5, 0.6) is 5.75 Å². The first kappa shape index (κ1) is 18.1. The van der Waals surface area contributed by atoms with E-state index in [1.165, 1.54) is 35.6 Å². The van der Waals surface area contributed by atoms with Gasteiger partial charge in [-0.1, -0.05) is 24.3 Å². The zero-order valence-corrected chi connectivity index (χ0v) is 14.8. The third kappa shape index (κ3) is 3.84. The van der Waals surface area contributed by atoms with Crippen LogP contribution < -0.4 is 10.1 Å². The van der Waals surface area contributed by atoms with Crippen molar-refractivity contribution < 1.29 is 27.1 Å². The zero-order valence-electron chi connectivity index (χ0n) is 14.0. The van der Waals surface area contributed by atoms with Crippen LogP contribution in [0.1, 0.15) is 10.6 Å². The molecule has 0 aliphatic carbocycles. The molecule has 4 aromatic rings. The minimum Gasteiger partial charge on any atom is -0.448 e. The zero-order chi connectivity index (χ0) is 19.7. The second-order valence-corrected chi connectivity index (χ2v) is 6.68. The number of rotatable bonds is 4. The van der Waals surface area contributed by atoms with Gasteiger partial charge in [0.15, 0.2) is 22.3 Å². The third-order valence-corrected chi connectivity index (χ3v) is 4.75. The number of amides is 1. The molecule has 0 bridgehead atoms. The Labute approximate surface area is 160 Å². The second kappa shape index (κ2) is 7.01. The minimum absolute atomic E-state index is 0.0592. The largest absolute Gasteiger partial charge is 0.573 e. The van der Waals surface area contributed by atoms with Crippen LogP contribution in [0.25, 0.3) is 21.0 Å². The van der Waals surface area contributed by atoms with Crippen molar-refractivity contribution in [1.29, 1.82) is 0 Å². The van der Waals surface area contributed by atoms with Gasteiger partial charge in [-0.25, -0.2) is 4.98 Å². The molecule has 2 heterocycles. The quantitative estimate of drug-likeness (QED) is 0.473. The Morgan fingerprint density at radius 3 is 2.57 bits per heavy atom. The van der Waals surface area contributed by atoms with E-state index in [1.807, 2.05) is 24.3 Å². The third-order valence-electron chi connectivity index (χ3n) is 3.70. The lowest BCUT2D eigenvalue weighted by Gasteiger charge is -2.13. The van der Waals surface area contributed by atoms with Gasteiger partial charge in [0.1, 0.15) is 0 Å². The molecule has 0 atom stereocenters. The molecular formula is C19H11F3N2O3S. The number of anilines is 1. The highest BCUT2D eigenvalue weighted by atomic mass is 32.1. The maximum Gasteiger partial charge on any atom is 0.573 e. The summed E-state index contributed by atoms with van der Waals surface area (Å²) in [7, 11) is 0. The van der Waals surface area contributed by atoms with Gasteiger partial charge < -0.3 is 14.5 Å². The van der Waals surface area contributed by atoms with Gasteiger partial charge in [-0.2, -0.15) is 0 Å². The summed E-state index contributed by atoms with van der Waals surface area (Å²) in [6.07, 6.45) is -4.87. The first-order valence-corrected chi connectivity index (χ1v) is 8.82. The average Bonchev–Trinajstić information content (AvgIpc) is 3.29. The molecule has 28 heavy (non-hydrogen) atoms. The minimum atomic E-state index is -4.87. The standard InChI is InChI=1S/C19H11F3N2O3S/c20-19(21,22)27-13-7-3-1-5-11(13)23-17(25)14-9-10-15(26-14)18-24-12-6-2-4-8-16(12)28-18/h1-10H,(H,23,25). The Kier molecular flexibility index (Phi) is 4.52. The molecule has 142 valence electrons. The number of para-hydroxylation sites is 3. The summed E-state index contributed by atoms with van der Waals surface area (Å²) in [6.45, 7) is 0. The molecule has 0 aliphatic heterocycles. The number of furan rings is 1. The molecule has 1 amide bonds. The maximum absolute atomic E-state index is 12.5. The molecule has 4 rings (SSSR count). The van der Waals surface area contributed by atoms with Crippen molar-refractivity contribution in [3.63, 3.8) is 0 Å². The molecule has 2 aromatic carbocycles. The summed E-state index contributed by atoms with van der Waals surface area (Å²) in [5, 5.41) is 2.96. The van der Waals surface area contributed by atoms with Crippen LogP contribution in [0.3, 0.4) is 0 Å². The number of nitrogens with one attached hydrogen (secondary N) is 1. The van der Waals surface area contributed by atoms with Crippen molar-refractivity contribution in [3.8, 4) is 16.5 Å². The Morgan fingerprint density at radius 2 is 1.79 bits per heavy atom. The van der Waals surface area contributed by atoms with Crippen LogP contribution in [0.15, 0.2) is 65.1 Å². The van der Waals surface area contributed by atoms with Gasteiger partial charge in [0.25, 0.3) is 5.91 Å². The maximum atomic E-state index is 12.5. The SMILES string of the molecule is O=C(Nc1ccccc1OC(F)(F)F)c1ccc(-c2nc3ccccc3s2)o1. The molecule has 5 nitrogen and oxygen atoms in total. The number of thiazole rings is 1. The lowest BCUT2D eigenvalue weighted by atomic mass is 10.3. The molecule has 0 saturated carbocycles. The molecule has 0 saturated heterocycles. The average molecular weight is 404 g/mol. The van der Waals surface area contributed by atoms with Crippen molar-refractivity contribution >= 4 is 33.1 Å². The van der Waals surface area contributed by atoms with Crippen molar-refractivity contribution in [3.05, 3.63) is 66.4 Å². The summed E-state index contributed by atoms with van der Waals surface area (Å²) in [4.78, 5) is 16.8. The number of carbonyl (C=O) groups is 1. The van der Waals surface area contributed by atoms with Crippen molar-refractivity contribution in [2.75, 3.05) is 5.32 Å². The highest BCUT2D eigenvalue weighted by Crippen LogP contribution is 2.33. The molecule has 0 fully saturated rings.